The average molecular weight is 360 g/mol. The fraction of sp³-hybridized carbons (Fsp3) is 0.250. The van der Waals surface area contributed by atoms with Crippen molar-refractivity contribution in [2.45, 2.75) is 23.9 Å². The lowest BCUT2D eigenvalue weighted by Crippen LogP contribution is -1.98. The summed E-state index contributed by atoms with van der Waals surface area (Å²) in [7, 11) is 1.86. The Morgan fingerprint density at radius 3 is 2.80 bits per heavy atom. The predicted molar refractivity (Wildman–Crippen MR) is 91.8 cm³/mol. The predicted octanol–water partition coefficient (Wildman–Crippen LogP) is 3.84. The van der Waals surface area contributed by atoms with Crippen LogP contribution < -0.4 is 4.74 Å². The number of nitro groups is 1. The lowest BCUT2D eigenvalue weighted by atomic mass is 10.2. The Morgan fingerprint density at radius 2 is 2.16 bits per heavy atom. The molecular formula is C16H16N4O4S. The third-order valence-electron chi connectivity index (χ3n) is 3.57. The summed E-state index contributed by atoms with van der Waals surface area (Å²) >= 11 is 1.35. The molecule has 0 N–H and O–H groups in total. The van der Waals surface area contributed by atoms with E-state index in [1.54, 1.807) is 25.3 Å². The first-order chi connectivity index (χ1) is 12.0. The van der Waals surface area contributed by atoms with Gasteiger partial charge in [0.25, 0.3) is 0 Å². The topological polar surface area (TPSA) is 96.2 Å². The zero-order valence-electron chi connectivity index (χ0n) is 13.9. The molecule has 3 aromatic rings. The summed E-state index contributed by atoms with van der Waals surface area (Å²) in [4.78, 5) is 11.4. The highest BCUT2D eigenvalue weighted by molar-refractivity contribution is 7.99. The number of rotatable bonds is 6. The van der Waals surface area contributed by atoms with Crippen molar-refractivity contribution in [2.24, 2.45) is 7.05 Å². The molecule has 130 valence electrons. The van der Waals surface area contributed by atoms with Gasteiger partial charge in [-0.3, -0.25) is 10.1 Å². The van der Waals surface area contributed by atoms with E-state index in [1.807, 2.05) is 24.6 Å². The van der Waals surface area contributed by atoms with Gasteiger partial charge in [0.2, 0.25) is 0 Å². The minimum absolute atomic E-state index is 0.0566. The molecule has 0 unspecified atom stereocenters. The maximum Gasteiger partial charge on any atom is 0.310 e. The van der Waals surface area contributed by atoms with Crippen molar-refractivity contribution in [3.8, 4) is 17.1 Å². The number of furan rings is 1. The highest BCUT2D eigenvalue weighted by atomic mass is 32.2. The number of benzene rings is 1. The molecule has 0 spiro atoms. The lowest BCUT2D eigenvalue weighted by Gasteiger charge is -2.07. The van der Waals surface area contributed by atoms with Gasteiger partial charge in [-0.1, -0.05) is 0 Å². The zero-order chi connectivity index (χ0) is 18.0. The summed E-state index contributed by atoms with van der Waals surface area (Å²) in [5.74, 6) is 1.70. The van der Waals surface area contributed by atoms with Crippen molar-refractivity contribution in [1.29, 1.82) is 0 Å². The highest BCUT2D eigenvalue weighted by Gasteiger charge is 2.18. The number of hydrogen-bond acceptors (Lipinski definition) is 7. The summed E-state index contributed by atoms with van der Waals surface area (Å²) in [5, 5.41) is 20.1. The smallest absolute Gasteiger partial charge is 0.310 e. The van der Waals surface area contributed by atoms with Gasteiger partial charge in [-0.2, -0.15) is 0 Å². The minimum Gasteiger partial charge on any atom is -0.487 e. The molecule has 0 atom stereocenters. The molecule has 0 bridgehead atoms. The van der Waals surface area contributed by atoms with E-state index < -0.39 is 4.92 Å². The summed E-state index contributed by atoms with van der Waals surface area (Å²) in [6.07, 6.45) is 1.61. The van der Waals surface area contributed by atoms with Gasteiger partial charge in [0.15, 0.2) is 16.7 Å². The van der Waals surface area contributed by atoms with Gasteiger partial charge in [-0.15, -0.1) is 10.2 Å². The van der Waals surface area contributed by atoms with E-state index >= 15 is 0 Å². The van der Waals surface area contributed by atoms with Crippen molar-refractivity contribution in [2.75, 3.05) is 6.61 Å². The van der Waals surface area contributed by atoms with Crippen LogP contribution in [0.1, 0.15) is 12.7 Å². The molecule has 8 nitrogen and oxygen atoms in total. The molecule has 0 amide bonds. The first kappa shape index (κ1) is 17.0. The van der Waals surface area contributed by atoms with Crippen molar-refractivity contribution < 1.29 is 14.1 Å². The number of nitrogens with zero attached hydrogens (tertiary/aromatic N) is 4. The Bertz CT molecular complexity index is 919. The third kappa shape index (κ3) is 3.36. The van der Waals surface area contributed by atoms with Crippen LogP contribution in [0.5, 0.6) is 5.75 Å². The highest BCUT2D eigenvalue weighted by Crippen LogP contribution is 2.35. The van der Waals surface area contributed by atoms with Crippen LogP contribution in [-0.4, -0.2) is 26.3 Å². The molecule has 0 radical (unpaired) electrons. The van der Waals surface area contributed by atoms with E-state index in [9.17, 15) is 10.1 Å². The average Bonchev–Trinajstić information content (AvgIpc) is 3.14. The van der Waals surface area contributed by atoms with E-state index in [2.05, 4.69) is 10.2 Å². The Labute approximate surface area is 148 Å². The monoisotopic (exact) mass is 360 g/mol. The largest absolute Gasteiger partial charge is 0.487 e. The quantitative estimate of drug-likeness (QED) is 0.486. The lowest BCUT2D eigenvalue weighted by molar-refractivity contribution is -0.385. The fourth-order valence-corrected chi connectivity index (χ4v) is 3.16. The summed E-state index contributed by atoms with van der Waals surface area (Å²) < 4.78 is 12.5. The Morgan fingerprint density at radius 1 is 1.36 bits per heavy atom. The molecule has 2 heterocycles. The second kappa shape index (κ2) is 6.98. The molecule has 1 aromatic carbocycles. The van der Waals surface area contributed by atoms with E-state index in [-0.39, 0.29) is 11.4 Å². The van der Waals surface area contributed by atoms with Crippen LogP contribution in [0.2, 0.25) is 0 Å². The van der Waals surface area contributed by atoms with Gasteiger partial charge in [-0.05, 0) is 37.7 Å². The van der Waals surface area contributed by atoms with Crippen molar-refractivity contribution >= 4 is 17.4 Å². The van der Waals surface area contributed by atoms with Crippen LogP contribution in [-0.2, 0) is 7.05 Å². The number of hydrogen-bond donors (Lipinski definition) is 0. The van der Waals surface area contributed by atoms with Crippen molar-refractivity contribution in [3.05, 3.63) is 46.4 Å². The number of ether oxygens (including phenoxy) is 1. The van der Waals surface area contributed by atoms with Crippen LogP contribution in [0.4, 0.5) is 5.69 Å². The SMILES string of the molecule is CCOc1cc(Sc2nnc(-c3ccoc3C)n2C)ccc1[N+](=O)[O-]. The standard InChI is InChI=1S/C16H16N4O4S/c1-4-23-14-9-11(5-6-13(14)20(21)22)25-16-18-17-15(19(16)3)12-7-8-24-10(12)2/h5-9H,4H2,1-3H3. The summed E-state index contributed by atoms with van der Waals surface area (Å²) in [6.45, 7) is 4.00. The van der Waals surface area contributed by atoms with Crippen LogP contribution in [0.25, 0.3) is 11.4 Å². The van der Waals surface area contributed by atoms with Crippen LogP contribution >= 0.6 is 11.8 Å². The summed E-state index contributed by atoms with van der Waals surface area (Å²) in [6, 6.07) is 6.59. The molecule has 0 aliphatic rings. The van der Waals surface area contributed by atoms with Gasteiger partial charge >= 0.3 is 5.69 Å². The van der Waals surface area contributed by atoms with Gasteiger partial charge in [-0.25, -0.2) is 0 Å². The van der Waals surface area contributed by atoms with E-state index in [1.165, 1.54) is 17.8 Å². The second-order valence-electron chi connectivity index (χ2n) is 5.18. The van der Waals surface area contributed by atoms with Gasteiger partial charge in [0.05, 0.1) is 23.4 Å². The zero-order valence-corrected chi connectivity index (χ0v) is 14.7. The molecular weight excluding hydrogens is 344 g/mol. The maximum atomic E-state index is 11.1. The van der Waals surface area contributed by atoms with Gasteiger partial charge in [0, 0.05) is 24.1 Å². The number of nitro benzene ring substituents is 1. The number of aromatic nitrogens is 3. The normalized spacial score (nSPS) is 10.8. The summed E-state index contributed by atoms with van der Waals surface area (Å²) in [5.41, 5.74) is 0.819. The van der Waals surface area contributed by atoms with Crippen molar-refractivity contribution in [1.82, 2.24) is 14.8 Å². The molecule has 25 heavy (non-hydrogen) atoms. The Kier molecular flexibility index (Phi) is 4.75. The second-order valence-corrected chi connectivity index (χ2v) is 6.22. The molecule has 0 aliphatic heterocycles. The fourth-order valence-electron chi connectivity index (χ4n) is 2.34. The van der Waals surface area contributed by atoms with E-state index in [0.29, 0.717) is 17.6 Å². The van der Waals surface area contributed by atoms with Crippen LogP contribution in [0, 0.1) is 17.0 Å². The molecule has 0 fully saturated rings. The van der Waals surface area contributed by atoms with E-state index in [0.717, 1.165) is 16.2 Å². The van der Waals surface area contributed by atoms with Crippen LogP contribution in [0.15, 0.2) is 45.0 Å². The Balaban J connectivity index is 1.91. The first-order valence-electron chi connectivity index (χ1n) is 7.54. The van der Waals surface area contributed by atoms with Gasteiger partial charge in [0.1, 0.15) is 5.76 Å². The van der Waals surface area contributed by atoms with Crippen LogP contribution in [0.3, 0.4) is 0 Å². The minimum atomic E-state index is -0.457. The van der Waals surface area contributed by atoms with Gasteiger partial charge < -0.3 is 13.7 Å². The molecule has 0 saturated heterocycles. The first-order valence-corrected chi connectivity index (χ1v) is 8.35. The number of aryl methyl sites for hydroxylation is 1. The molecule has 0 saturated carbocycles. The molecule has 9 heteroatoms. The maximum absolute atomic E-state index is 11.1. The van der Waals surface area contributed by atoms with Crippen molar-refractivity contribution in [3.63, 3.8) is 0 Å². The molecule has 3 rings (SSSR count). The Hall–Kier alpha value is -2.81. The third-order valence-corrected chi connectivity index (χ3v) is 4.60. The molecule has 0 aliphatic carbocycles. The molecule has 2 aromatic heterocycles. The van der Waals surface area contributed by atoms with E-state index in [4.69, 9.17) is 9.15 Å².